The van der Waals surface area contributed by atoms with Crippen molar-refractivity contribution < 1.29 is 17.9 Å². The van der Waals surface area contributed by atoms with Crippen molar-refractivity contribution in [3.05, 3.63) is 34.7 Å². The summed E-state index contributed by atoms with van der Waals surface area (Å²) in [4.78, 5) is 15.6. The summed E-state index contributed by atoms with van der Waals surface area (Å²) in [5.41, 5.74) is 1.60. The van der Waals surface area contributed by atoms with Crippen LogP contribution in [0.5, 0.6) is 0 Å². The van der Waals surface area contributed by atoms with Gasteiger partial charge in [-0.15, -0.1) is 11.3 Å². The molecule has 2 rings (SSSR count). The molecular formula is C14H16N2O4S2. The molecule has 0 spiro atoms. The highest BCUT2D eigenvalue weighted by molar-refractivity contribution is 7.89. The monoisotopic (exact) mass is 340 g/mol. The predicted molar refractivity (Wildman–Crippen MR) is 83.9 cm³/mol. The van der Waals surface area contributed by atoms with Crippen LogP contribution in [0.3, 0.4) is 0 Å². The third kappa shape index (κ3) is 4.36. The smallest absolute Gasteiger partial charge is 0.305 e. The number of carbonyl (C=O) groups excluding carboxylic acids is 1. The summed E-state index contributed by atoms with van der Waals surface area (Å²) in [6, 6.07) is 6.27. The Labute approximate surface area is 133 Å². The molecule has 0 aliphatic heterocycles. The summed E-state index contributed by atoms with van der Waals surface area (Å²) in [5.74, 6) is -0.227. The van der Waals surface area contributed by atoms with Crippen LogP contribution in [0.4, 0.5) is 0 Å². The van der Waals surface area contributed by atoms with E-state index in [1.807, 2.05) is 5.38 Å². The van der Waals surface area contributed by atoms with E-state index in [1.165, 1.54) is 30.6 Å². The van der Waals surface area contributed by atoms with Gasteiger partial charge in [0.25, 0.3) is 0 Å². The molecule has 0 atom stereocenters. The minimum absolute atomic E-state index is 0.0739. The van der Waals surface area contributed by atoms with E-state index in [0.29, 0.717) is 19.3 Å². The van der Waals surface area contributed by atoms with Gasteiger partial charge in [0.15, 0.2) is 0 Å². The van der Waals surface area contributed by atoms with Crippen LogP contribution in [0.25, 0.3) is 11.3 Å². The first-order valence-electron chi connectivity index (χ1n) is 6.54. The molecule has 0 amide bonds. The number of nitrogens with zero attached hydrogens (tertiary/aromatic N) is 1. The number of rotatable bonds is 6. The van der Waals surface area contributed by atoms with Gasteiger partial charge in [-0.3, -0.25) is 4.79 Å². The molecule has 0 radical (unpaired) electrons. The van der Waals surface area contributed by atoms with Crippen LogP contribution in [0.1, 0.15) is 17.8 Å². The van der Waals surface area contributed by atoms with Crippen molar-refractivity contribution in [1.82, 2.24) is 4.98 Å². The number of benzene rings is 1. The van der Waals surface area contributed by atoms with Gasteiger partial charge in [0, 0.05) is 17.4 Å². The Morgan fingerprint density at radius 1 is 1.32 bits per heavy atom. The lowest BCUT2D eigenvalue weighted by molar-refractivity contribution is -0.140. The molecular weight excluding hydrogens is 324 g/mol. The molecule has 2 aromatic rings. The standard InChI is InChI=1S/C14H16N2O4S2/c1-20-14(17)4-2-3-13-16-12(9-21-13)10-5-7-11(8-6-10)22(15,18)19/h5-9H,2-4H2,1H3,(H2,15,18,19). The summed E-state index contributed by atoms with van der Waals surface area (Å²) >= 11 is 1.51. The van der Waals surface area contributed by atoms with Gasteiger partial charge in [-0.05, 0) is 25.0 Å². The third-order valence-electron chi connectivity index (χ3n) is 3.03. The number of sulfonamides is 1. The fraction of sp³-hybridized carbons (Fsp3) is 0.286. The Hall–Kier alpha value is -1.77. The van der Waals surface area contributed by atoms with Gasteiger partial charge in [-0.25, -0.2) is 18.5 Å². The minimum atomic E-state index is -3.68. The first-order valence-corrected chi connectivity index (χ1v) is 8.97. The van der Waals surface area contributed by atoms with E-state index >= 15 is 0 Å². The molecule has 0 aliphatic carbocycles. The van der Waals surface area contributed by atoms with Gasteiger partial charge in [0.1, 0.15) is 0 Å². The molecule has 118 valence electrons. The van der Waals surface area contributed by atoms with Gasteiger partial charge >= 0.3 is 5.97 Å². The first-order chi connectivity index (χ1) is 10.4. The Morgan fingerprint density at radius 3 is 2.59 bits per heavy atom. The number of carbonyl (C=O) groups is 1. The number of aryl methyl sites for hydroxylation is 1. The third-order valence-corrected chi connectivity index (χ3v) is 4.87. The van der Waals surface area contributed by atoms with Gasteiger partial charge < -0.3 is 4.74 Å². The molecule has 0 saturated carbocycles. The highest BCUT2D eigenvalue weighted by atomic mass is 32.2. The van der Waals surface area contributed by atoms with Crippen LogP contribution in [0.15, 0.2) is 34.5 Å². The molecule has 1 aromatic heterocycles. The second-order valence-electron chi connectivity index (χ2n) is 4.63. The second-order valence-corrected chi connectivity index (χ2v) is 7.13. The van der Waals surface area contributed by atoms with Crippen LogP contribution >= 0.6 is 11.3 Å². The Morgan fingerprint density at radius 2 is 2.00 bits per heavy atom. The van der Waals surface area contributed by atoms with Crippen LogP contribution in [-0.4, -0.2) is 26.5 Å². The Bertz CT molecular complexity index is 751. The highest BCUT2D eigenvalue weighted by Gasteiger charge is 2.09. The average Bonchev–Trinajstić information content (AvgIpc) is 2.95. The maximum atomic E-state index is 11.2. The zero-order valence-electron chi connectivity index (χ0n) is 12.0. The summed E-state index contributed by atoms with van der Waals surface area (Å²) in [6.07, 6.45) is 1.76. The molecule has 1 heterocycles. The zero-order valence-corrected chi connectivity index (χ0v) is 13.6. The minimum Gasteiger partial charge on any atom is -0.469 e. The molecule has 0 bridgehead atoms. The Kier molecular flexibility index (Phi) is 5.28. The fourth-order valence-corrected chi connectivity index (χ4v) is 3.22. The maximum absolute atomic E-state index is 11.2. The summed E-state index contributed by atoms with van der Waals surface area (Å²) in [7, 11) is -2.31. The molecule has 22 heavy (non-hydrogen) atoms. The number of hydrogen-bond donors (Lipinski definition) is 1. The maximum Gasteiger partial charge on any atom is 0.305 e. The second kappa shape index (κ2) is 6.99. The van der Waals surface area contributed by atoms with E-state index in [0.717, 1.165) is 16.3 Å². The van der Waals surface area contributed by atoms with E-state index in [1.54, 1.807) is 12.1 Å². The molecule has 2 N–H and O–H groups in total. The van der Waals surface area contributed by atoms with Crippen molar-refractivity contribution in [2.75, 3.05) is 7.11 Å². The largest absolute Gasteiger partial charge is 0.469 e. The normalized spacial score (nSPS) is 11.4. The number of primary sulfonamides is 1. The van der Waals surface area contributed by atoms with Crippen molar-refractivity contribution in [1.29, 1.82) is 0 Å². The zero-order chi connectivity index (χ0) is 16.2. The molecule has 0 fully saturated rings. The number of nitrogens with two attached hydrogens (primary N) is 1. The fourth-order valence-electron chi connectivity index (χ4n) is 1.86. The molecule has 0 saturated heterocycles. The highest BCUT2D eigenvalue weighted by Crippen LogP contribution is 2.24. The van der Waals surface area contributed by atoms with Crippen molar-refractivity contribution in [2.24, 2.45) is 5.14 Å². The molecule has 1 aromatic carbocycles. The number of hydrogen-bond acceptors (Lipinski definition) is 6. The predicted octanol–water partition coefficient (Wildman–Crippen LogP) is 1.95. The summed E-state index contributed by atoms with van der Waals surface area (Å²) in [5, 5.41) is 7.89. The SMILES string of the molecule is COC(=O)CCCc1nc(-c2ccc(S(N)(=O)=O)cc2)cs1. The first kappa shape index (κ1) is 16.6. The molecule has 0 aliphatic rings. The van der Waals surface area contributed by atoms with Crippen molar-refractivity contribution in [3.63, 3.8) is 0 Å². The lowest BCUT2D eigenvalue weighted by atomic mass is 10.2. The van der Waals surface area contributed by atoms with Gasteiger partial charge in [-0.2, -0.15) is 0 Å². The van der Waals surface area contributed by atoms with Crippen molar-refractivity contribution in [3.8, 4) is 11.3 Å². The van der Waals surface area contributed by atoms with Crippen molar-refractivity contribution in [2.45, 2.75) is 24.2 Å². The lowest BCUT2D eigenvalue weighted by Crippen LogP contribution is -2.11. The van der Waals surface area contributed by atoms with Crippen LogP contribution < -0.4 is 5.14 Å². The van der Waals surface area contributed by atoms with E-state index < -0.39 is 10.0 Å². The van der Waals surface area contributed by atoms with E-state index in [2.05, 4.69) is 9.72 Å². The van der Waals surface area contributed by atoms with E-state index in [9.17, 15) is 13.2 Å². The molecule has 0 unspecified atom stereocenters. The average molecular weight is 340 g/mol. The van der Waals surface area contributed by atoms with E-state index in [4.69, 9.17) is 5.14 Å². The number of ether oxygens (including phenoxy) is 1. The van der Waals surface area contributed by atoms with Gasteiger partial charge in [0.2, 0.25) is 10.0 Å². The molecule has 6 nitrogen and oxygen atoms in total. The lowest BCUT2D eigenvalue weighted by Gasteiger charge is -2.00. The topological polar surface area (TPSA) is 99.3 Å². The van der Waals surface area contributed by atoms with E-state index in [-0.39, 0.29) is 10.9 Å². The van der Waals surface area contributed by atoms with Crippen LogP contribution in [-0.2, 0) is 26.0 Å². The molecule has 8 heteroatoms. The quantitative estimate of drug-likeness (QED) is 0.810. The number of methoxy groups -OCH3 is 1. The number of esters is 1. The summed E-state index contributed by atoms with van der Waals surface area (Å²) < 4.78 is 27.0. The van der Waals surface area contributed by atoms with Gasteiger partial charge in [-0.1, -0.05) is 12.1 Å². The number of aromatic nitrogens is 1. The van der Waals surface area contributed by atoms with Gasteiger partial charge in [0.05, 0.1) is 22.7 Å². The number of thiazole rings is 1. The van der Waals surface area contributed by atoms with Crippen molar-refractivity contribution >= 4 is 27.3 Å². The van der Waals surface area contributed by atoms with Crippen LogP contribution in [0.2, 0.25) is 0 Å². The van der Waals surface area contributed by atoms with Crippen LogP contribution in [0, 0.1) is 0 Å². The summed E-state index contributed by atoms with van der Waals surface area (Å²) in [6.45, 7) is 0. The Balaban J connectivity index is 2.03.